The molecule has 1 aromatic carbocycles. The maximum absolute atomic E-state index is 12.9. The molecule has 0 N–H and O–H groups in total. The summed E-state index contributed by atoms with van der Waals surface area (Å²) in [6, 6.07) is 3.66. The molecule has 128 valence electrons. The van der Waals surface area contributed by atoms with E-state index in [2.05, 4.69) is 0 Å². The summed E-state index contributed by atoms with van der Waals surface area (Å²) in [6.45, 7) is 8.57. The van der Waals surface area contributed by atoms with Crippen LogP contribution in [0.25, 0.3) is 0 Å². The minimum Gasteiger partial charge on any atom is -0.466 e. The van der Waals surface area contributed by atoms with Gasteiger partial charge in [-0.25, -0.2) is 8.42 Å². The predicted molar refractivity (Wildman–Crippen MR) is 88.8 cm³/mol. The smallest absolute Gasteiger partial charge is 0.309 e. The van der Waals surface area contributed by atoms with Gasteiger partial charge in [-0.1, -0.05) is 6.07 Å². The van der Waals surface area contributed by atoms with E-state index in [4.69, 9.17) is 4.74 Å². The molecule has 1 heterocycles. The van der Waals surface area contributed by atoms with E-state index in [-0.39, 0.29) is 11.9 Å². The Morgan fingerprint density at radius 1 is 1.13 bits per heavy atom. The zero-order valence-electron chi connectivity index (χ0n) is 14.3. The maximum Gasteiger partial charge on any atom is 0.309 e. The third kappa shape index (κ3) is 3.75. The Morgan fingerprint density at radius 3 is 2.26 bits per heavy atom. The number of hydrogen-bond acceptors (Lipinski definition) is 4. The van der Waals surface area contributed by atoms with Gasteiger partial charge in [0.25, 0.3) is 0 Å². The highest BCUT2D eigenvalue weighted by Crippen LogP contribution is 2.27. The van der Waals surface area contributed by atoms with Gasteiger partial charge in [0.2, 0.25) is 10.0 Å². The first-order valence-electron chi connectivity index (χ1n) is 8.02. The van der Waals surface area contributed by atoms with E-state index in [1.54, 1.807) is 13.0 Å². The number of nitrogens with zero attached hydrogens (tertiary/aromatic N) is 1. The van der Waals surface area contributed by atoms with Crippen molar-refractivity contribution in [1.82, 2.24) is 4.31 Å². The third-order valence-corrected chi connectivity index (χ3v) is 6.52. The summed E-state index contributed by atoms with van der Waals surface area (Å²) in [5.41, 5.74) is 2.82. The summed E-state index contributed by atoms with van der Waals surface area (Å²) in [5, 5.41) is 0. The van der Waals surface area contributed by atoms with Crippen molar-refractivity contribution >= 4 is 16.0 Å². The first kappa shape index (κ1) is 17.9. The Morgan fingerprint density at radius 2 is 1.70 bits per heavy atom. The van der Waals surface area contributed by atoms with Crippen molar-refractivity contribution < 1.29 is 17.9 Å². The van der Waals surface area contributed by atoms with Crippen LogP contribution in [-0.4, -0.2) is 38.4 Å². The monoisotopic (exact) mass is 339 g/mol. The van der Waals surface area contributed by atoms with E-state index in [1.165, 1.54) is 4.31 Å². The van der Waals surface area contributed by atoms with Gasteiger partial charge in [-0.2, -0.15) is 4.31 Å². The number of sulfonamides is 1. The van der Waals surface area contributed by atoms with Crippen LogP contribution in [0.5, 0.6) is 0 Å². The van der Waals surface area contributed by atoms with Crippen LogP contribution >= 0.6 is 0 Å². The van der Waals surface area contributed by atoms with Gasteiger partial charge < -0.3 is 4.74 Å². The number of esters is 1. The van der Waals surface area contributed by atoms with Crippen LogP contribution in [0.3, 0.4) is 0 Å². The molecule has 5 nitrogen and oxygen atoms in total. The summed E-state index contributed by atoms with van der Waals surface area (Å²) in [5.74, 6) is -0.408. The second kappa shape index (κ2) is 7.01. The number of hydrogen-bond donors (Lipinski definition) is 0. The molecule has 0 unspecified atom stereocenters. The first-order valence-corrected chi connectivity index (χ1v) is 9.46. The normalized spacial score (nSPS) is 17.2. The lowest BCUT2D eigenvalue weighted by atomic mass is 9.98. The van der Waals surface area contributed by atoms with Crippen molar-refractivity contribution in [1.29, 1.82) is 0 Å². The molecule has 0 aliphatic carbocycles. The van der Waals surface area contributed by atoms with Gasteiger partial charge in [0.15, 0.2) is 0 Å². The van der Waals surface area contributed by atoms with Crippen molar-refractivity contribution in [3.8, 4) is 0 Å². The van der Waals surface area contributed by atoms with Crippen molar-refractivity contribution in [3.63, 3.8) is 0 Å². The van der Waals surface area contributed by atoms with E-state index in [9.17, 15) is 13.2 Å². The summed E-state index contributed by atoms with van der Waals surface area (Å²) >= 11 is 0. The van der Waals surface area contributed by atoms with Crippen molar-refractivity contribution in [3.05, 3.63) is 28.8 Å². The largest absolute Gasteiger partial charge is 0.466 e. The van der Waals surface area contributed by atoms with Gasteiger partial charge >= 0.3 is 5.97 Å². The Balaban J connectivity index is 2.17. The summed E-state index contributed by atoms with van der Waals surface area (Å²) in [7, 11) is -3.51. The van der Waals surface area contributed by atoms with E-state index < -0.39 is 10.0 Å². The highest BCUT2D eigenvalue weighted by Gasteiger charge is 2.33. The van der Waals surface area contributed by atoms with Crippen LogP contribution < -0.4 is 0 Å². The highest BCUT2D eigenvalue weighted by atomic mass is 32.2. The standard InChI is InChI=1S/C17H25NO4S/c1-5-22-17(19)15-6-8-18(9-7-15)23(20,21)16-11-13(3)12(2)10-14(16)4/h10-11,15H,5-9H2,1-4H3. The molecule has 1 aromatic rings. The molecule has 1 aliphatic heterocycles. The fraction of sp³-hybridized carbons (Fsp3) is 0.588. The van der Waals surface area contributed by atoms with Gasteiger partial charge in [0, 0.05) is 13.1 Å². The summed E-state index contributed by atoms with van der Waals surface area (Å²) < 4.78 is 32.3. The Labute approximate surface area is 138 Å². The van der Waals surface area contributed by atoms with Crippen LogP contribution in [0, 0.1) is 26.7 Å². The van der Waals surface area contributed by atoms with Crippen molar-refractivity contribution in [2.75, 3.05) is 19.7 Å². The quantitative estimate of drug-likeness (QED) is 0.791. The molecule has 2 rings (SSSR count). The van der Waals surface area contributed by atoms with Gasteiger partial charge in [-0.3, -0.25) is 4.79 Å². The van der Waals surface area contributed by atoms with E-state index in [0.717, 1.165) is 16.7 Å². The van der Waals surface area contributed by atoms with Crippen LogP contribution in [0.2, 0.25) is 0 Å². The fourth-order valence-corrected chi connectivity index (χ4v) is 4.70. The molecule has 0 spiro atoms. The van der Waals surface area contributed by atoms with Gasteiger partial charge in [0.05, 0.1) is 17.4 Å². The molecule has 0 bridgehead atoms. The number of rotatable bonds is 4. The Hall–Kier alpha value is -1.40. The molecule has 1 aliphatic rings. The van der Waals surface area contributed by atoms with Crippen molar-refractivity contribution in [2.45, 2.75) is 45.4 Å². The molecule has 0 saturated carbocycles. The first-order chi connectivity index (χ1) is 10.8. The van der Waals surface area contributed by atoms with E-state index in [1.807, 2.05) is 26.8 Å². The van der Waals surface area contributed by atoms with E-state index >= 15 is 0 Å². The van der Waals surface area contributed by atoms with Gasteiger partial charge in [0.1, 0.15) is 0 Å². The average molecular weight is 339 g/mol. The number of carbonyl (C=O) groups excluding carboxylic acids is 1. The molecule has 0 aromatic heterocycles. The Kier molecular flexibility index (Phi) is 5.47. The van der Waals surface area contributed by atoms with E-state index in [0.29, 0.717) is 37.4 Å². The summed E-state index contributed by atoms with van der Waals surface area (Å²) in [6.07, 6.45) is 1.03. The van der Waals surface area contributed by atoms with Crippen LogP contribution in [0.4, 0.5) is 0 Å². The molecule has 1 fully saturated rings. The molecule has 0 amide bonds. The second-order valence-electron chi connectivity index (χ2n) is 6.13. The second-order valence-corrected chi connectivity index (χ2v) is 8.04. The lowest BCUT2D eigenvalue weighted by molar-refractivity contribution is -0.149. The number of carbonyl (C=O) groups is 1. The van der Waals surface area contributed by atoms with Gasteiger partial charge in [-0.15, -0.1) is 0 Å². The predicted octanol–water partition coefficient (Wildman–Crippen LogP) is 2.58. The third-order valence-electron chi connectivity index (χ3n) is 4.48. The minimum absolute atomic E-state index is 0.192. The number of aryl methyl sites for hydroxylation is 3. The molecule has 6 heteroatoms. The zero-order valence-corrected chi connectivity index (χ0v) is 15.1. The molecule has 0 radical (unpaired) electrons. The molecule has 1 saturated heterocycles. The molecular weight excluding hydrogens is 314 g/mol. The van der Waals surface area contributed by atoms with Crippen molar-refractivity contribution in [2.24, 2.45) is 5.92 Å². The number of piperidine rings is 1. The zero-order chi connectivity index (χ0) is 17.2. The maximum atomic E-state index is 12.9. The Bertz CT molecular complexity index is 689. The minimum atomic E-state index is -3.51. The van der Waals surface area contributed by atoms with Crippen LogP contribution in [0.1, 0.15) is 36.5 Å². The molecular formula is C17H25NO4S. The summed E-state index contributed by atoms with van der Waals surface area (Å²) in [4.78, 5) is 12.1. The van der Waals surface area contributed by atoms with Gasteiger partial charge in [-0.05, 0) is 63.3 Å². The number of benzene rings is 1. The number of ether oxygens (including phenoxy) is 1. The highest BCUT2D eigenvalue weighted by molar-refractivity contribution is 7.89. The fourth-order valence-electron chi connectivity index (χ4n) is 2.94. The lowest BCUT2D eigenvalue weighted by Crippen LogP contribution is -2.40. The molecule has 0 atom stereocenters. The lowest BCUT2D eigenvalue weighted by Gasteiger charge is -2.30. The topological polar surface area (TPSA) is 63.7 Å². The average Bonchev–Trinajstić information content (AvgIpc) is 2.51. The van der Waals surface area contributed by atoms with Crippen LogP contribution in [0.15, 0.2) is 17.0 Å². The van der Waals surface area contributed by atoms with Crippen LogP contribution in [-0.2, 0) is 19.6 Å². The SMILES string of the molecule is CCOC(=O)C1CCN(S(=O)(=O)c2cc(C)c(C)cc2C)CC1. The molecule has 23 heavy (non-hydrogen) atoms.